The smallest absolute Gasteiger partial charge is 0.279 e. The van der Waals surface area contributed by atoms with Gasteiger partial charge in [-0.05, 0) is 24.3 Å². The Morgan fingerprint density at radius 2 is 1.67 bits per heavy atom. The first-order valence-corrected chi connectivity index (χ1v) is 7.09. The summed E-state index contributed by atoms with van der Waals surface area (Å²) in [5.41, 5.74) is 1.80. The first-order chi connectivity index (χ1) is 9.74. The number of hydrogen-bond acceptors (Lipinski definition) is 4. The van der Waals surface area contributed by atoms with Crippen LogP contribution < -0.4 is 10.2 Å². The fourth-order valence-electron chi connectivity index (χ4n) is 2.20. The van der Waals surface area contributed by atoms with Crippen molar-refractivity contribution in [2.75, 3.05) is 32.2 Å². The van der Waals surface area contributed by atoms with Gasteiger partial charge in [-0.3, -0.25) is 4.79 Å². The first-order valence-electron chi connectivity index (χ1n) is 7.09. The quantitative estimate of drug-likeness (QED) is 0.926. The summed E-state index contributed by atoms with van der Waals surface area (Å²) >= 11 is 0. The first kappa shape index (κ1) is 15.8. The van der Waals surface area contributed by atoms with E-state index in [1.807, 2.05) is 43.3 Å². The number of amides is 1. The van der Waals surface area contributed by atoms with E-state index in [1.165, 1.54) is 6.92 Å². The van der Waals surface area contributed by atoms with E-state index in [-0.39, 0.29) is 11.3 Å². The Bertz CT molecular complexity index is 499. The highest BCUT2D eigenvalue weighted by atomic mass is 16.7. The monoisotopic (exact) mass is 292 g/mol. The average Bonchev–Trinajstić information content (AvgIpc) is 2.41. The number of nitrogens with zero attached hydrogens (tertiary/aromatic N) is 1. The van der Waals surface area contributed by atoms with Crippen LogP contribution in [0.5, 0.6) is 0 Å². The van der Waals surface area contributed by atoms with Crippen LogP contribution in [-0.4, -0.2) is 33.2 Å². The molecule has 116 valence electrons. The number of ether oxygens (including phenoxy) is 2. The maximum absolute atomic E-state index is 11.5. The van der Waals surface area contributed by atoms with Crippen molar-refractivity contribution in [2.45, 2.75) is 26.7 Å². The number of nitrogens with one attached hydrogen (secondary N) is 1. The van der Waals surface area contributed by atoms with Crippen molar-refractivity contribution in [1.82, 2.24) is 5.32 Å². The molecule has 0 atom stereocenters. The standard InChI is InChI=1S/C16H24N2O3/c1-12(19)17-16(20-10-15(2,3)11-21-16)13-6-8-14(9-7-13)18(4)5/h6-9H,10-11H2,1-5H3,(H,17,19). The summed E-state index contributed by atoms with van der Waals surface area (Å²) in [6.07, 6.45) is 0. The Morgan fingerprint density at radius 1 is 1.14 bits per heavy atom. The minimum Gasteiger partial charge on any atom is -0.378 e. The molecule has 21 heavy (non-hydrogen) atoms. The molecule has 0 radical (unpaired) electrons. The predicted molar refractivity (Wildman–Crippen MR) is 81.9 cm³/mol. The highest BCUT2D eigenvalue weighted by Crippen LogP contribution is 2.35. The van der Waals surface area contributed by atoms with Gasteiger partial charge in [0.05, 0.1) is 13.2 Å². The number of carbonyl (C=O) groups excluding carboxylic acids is 1. The highest BCUT2D eigenvalue weighted by Gasteiger charge is 2.43. The maximum Gasteiger partial charge on any atom is 0.279 e. The third-order valence-electron chi connectivity index (χ3n) is 3.44. The molecule has 1 aromatic rings. The SMILES string of the molecule is CC(=O)NC1(c2ccc(N(C)C)cc2)OCC(C)(C)CO1. The second kappa shape index (κ2) is 5.66. The van der Waals surface area contributed by atoms with Gasteiger partial charge in [0.1, 0.15) is 0 Å². The third kappa shape index (κ3) is 3.54. The van der Waals surface area contributed by atoms with Gasteiger partial charge in [-0.2, -0.15) is 0 Å². The number of benzene rings is 1. The molecule has 1 saturated heterocycles. The van der Waals surface area contributed by atoms with Gasteiger partial charge in [0.15, 0.2) is 0 Å². The average molecular weight is 292 g/mol. The molecule has 1 aliphatic rings. The topological polar surface area (TPSA) is 50.8 Å². The predicted octanol–water partition coefficient (Wildman–Crippen LogP) is 2.07. The van der Waals surface area contributed by atoms with Gasteiger partial charge >= 0.3 is 0 Å². The van der Waals surface area contributed by atoms with E-state index in [4.69, 9.17) is 9.47 Å². The molecule has 0 aromatic heterocycles. The molecule has 1 N–H and O–H groups in total. The number of rotatable bonds is 3. The van der Waals surface area contributed by atoms with Crippen molar-refractivity contribution in [2.24, 2.45) is 5.41 Å². The lowest BCUT2D eigenvalue weighted by Crippen LogP contribution is -2.55. The van der Waals surface area contributed by atoms with Crippen LogP contribution in [0, 0.1) is 5.41 Å². The Kier molecular flexibility index (Phi) is 4.25. The zero-order valence-corrected chi connectivity index (χ0v) is 13.4. The van der Waals surface area contributed by atoms with E-state index in [0.717, 1.165) is 11.3 Å². The Balaban J connectivity index is 2.30. The number of carbonyl (C=O) groups is 1. The maximum atomic E-state index is 11.5. The molecule has 0 bridgehead atoms. The van der Waals surface area contributed by atoms with E-state index in [0.29, 0.717) is 13.2 Å². The van der Waals surface area contributed by atoms with E-state index >= 15 is 0 Å². The van der Waals surface area contributed by atoms with Crippen LogP contribution in [0.4, 0.5) is 5.69 Å². The van der Waals surface area contributed by atoms with Crippen molar-refractivity contribution >= 4 is 11.6 Å². The van der Waals surface area contributed by atoms with Gasteiger partial charge in [0, 0.05) is 37.7 Å². The minimum atomic E-state index is -1.19. The third-order valence-corrected chi connectivity index (χ3v) is 3.44. The van der Waals surface area contributed by atoms with Gasteiger partial charge in [-0.25, -0.2) is 0 Å². The van der Waals surface area contributed by atoms with Crippen molar-refractivity contribution < 1.29 is 14.3 Å². The van der Waals surface area contributed by atoms with E-state index in [1.54, 1.807) is 0 Å². The molecule has 5 nitrogen and oxygen atoms in total. The lowest BCUT2D eigenvalue weighted by atomic mass is 9.94. The summed E-state index contributed by atoms with van der Waals surface area (Å²) in [5.74, 6) is -1.38. The lowest BCUT2D eigenvalue weighted by molar-refractivity contribution is -0.320. The van der Waals surface area contributed by atoms with Crippen LogP contribution in [-0.2, 0) is 20.2 Å². The molecule has 0 unspecified atom stereocenters. The van der Waals surface area contributed by atoms with Crippen molar-refractivity contribution in [3.05, 3.63) is 29.8 Å². The van der Waals surface area contributed by atoms with Crippen LogP contribution in [0.15, 0.2) is 24.3 Å². The van der Waals surface area contributed by atoms with Crippen LogP contribution in [0.2, 0.25) is 0 Å². The zero-order valence-electron chi connectivity index (χ0n) is 13.4. The van der Waals surface area contributed by atoms with E-state index in [9.17, 15) is 4.79 Å². The van der Waals surface area contributed by atoms with Crippen molar-refractivity contribution in [3.63, 3.8) is 0 Å². The molecular formula is C16H24N2O3. The minimum absolute atomic E-state index is 0.0639. The largest absolute Gasteiger partial charge is 0.378 e. The van der Waals surface area contributed by atoms with Gasteiger partial charge in [-0.1, -0.05) is 13.8 Å². The number of hydrogen-bond donors (Lipinski definition) is 1. The zero-order chi connectivity index (χ0) is 15.7. The second-order valence-electron chi connectivity index (χ2n) is 6.48. The van der Waals surface area contributed by atoms with Crippen LogP contribution in [0.3, 0.4) is 0 Å². The normalized spacial score (nSPS) is 19.9. The van der Waals surface area contributed by atoms with Crippen molar-refractivity contribution in [1.29, 1.82) is 0 Å². The Morgan fingerprint density at radius 3 is 2.10 bits per heavy atom. The van der Waals surface area contributed by atoms with Gasteiger partial charge in [0.2, 0.25) is 5.91 Å². The molecule has 1 amide bonds. The van der Waals surface area contributed by atoms with E-state index < -0.39 is 5.91 Å². The van der Waals surface area contributed by atoms with Gasteiger partial charge < -0.3 is 19.7 Å². The molecule has 2 rings (SSSR count). The summed E-state index contributed by atoms with van der Waals surface area (Å²) in [6, 6.07) is 7.80. The van der Waals surface area contributed by atoms with Crippen LogP contribution >= 0.6 is 0 Å². The summed E-state index contributed by atoms with van der Waals surface area (Å²) < 4.78 is 11.8. The van der Waals surface area contributed by atoms with E-state index in [2.05, 4.69) is 19.2 Å². The molecule has 1 heterocycles. The van der Waals surface area contributed by atoms with Gasteiger partial charge in [-0.15, -0.1) is 0 Å². The molecule has 1 aliphatic heterocycles. The van der Waals surface area contributed by atoms with Crippen molar-refractivity contribution in [3.8, 4) is 0 Å². The molecule has 0 aliphatic carbocycles. The lowest BCUT2D eigenvalue weighted by Gasteiger charge is -2.43. The highest BCUT2D eigenvalue weighted by molar-refractivity contribution is 5.73. The summed E-state index contributed by atoms with van der Waals surface area (Å²) in [4.78, 5) is 13.6. The molecule has 0 saturated carbocycles. The molecular weight excluding hydrogens is 268 g/mol. The fourth-order valence-corrected chi connectivity index (χ4v) is 2.20. The van der Waals surface area contributed by atoms with Crippen LogP contribution in [0.1, 0.15) is 26.3 Å². The number of anilines is 1. The summed E-state index contributed by atoms with van der Waals surface area (Å²) in [6.45, 7) is 6.63. The molecule has 0 spiro atoms. The molecule has 5 heteroatoms. The summed E-state index contributed by atoms with van der Waals surface area (Å²) in [7, 11) is 3.96. The molecule has 1 aromatic carbocycles. The summed E-state index contributed by atoms with van der Waals surface area (Å²) in [5, 5.41) is 2.80. The van der Waals surface area contributed by atoms with Gasteiger partial charge in [0.25, 0.3) is 5.91 Å². The second-order valence-corrected chi connectivity index (χ2v) is 6.48. The van der Waals surface area contributed by atoms with Crippen LogP contribution in [0.25, 0.3) is 0 Å². The molecule has 1 fully saturated rings. The Hall–Kier alpha value is -1.59. The fraction of sp³-hybridized carbons (Fsp3) is 0.562. The Labute approximate surface area is 126 Å².